The van der Waals surface area contributed by atoms with Gasteiger partial charge in [0.15, 0.2) is 6.61 Å². The van der Waals surface area contributed by atoms with Crippen LogP contribution in [0.25, 0.3) is 0 Å². The molecule has 3 aromatic rings. The van der Waals surface area contributed by atoms with E-state index in [-0.39, 0.29) is 30.2 Å². The Morgan fingerprint density at radius 1 is 1.06 bits per heavy atom. The SMILES string of the molecule is CC(C)CC(=O)N1CCc2ccc(OCC(=O)NCc3ccccc3)cc2[C@H]1c1cccc(F)c1. The van der Waals surface area contributed by atoms with Gasteiger partial charge in [-0.25, -0.2) is 4.39 Å². The van der Waals surface area contributed by atoms with Crippen LogP contribution in [0.5, 0.6) is 5.75 Å². The predicted molar refractivity (Wildman–Crippen MR) is 133 cm³/mol. The Hall–Kier alpha value is -3.67. The van der Waals surface area contributed by atoms with Gasteiger partial charge in [0.05, 0.1) is 6.04 Å². The lowest BCUT2D eigenvalue weighted by Gasteiger charge is -2.38. The Morgan fingerprint density at radius 3 is 2.60 bits per heavy atom. The lowest BCUT2D eigenvalue weighted by molar-refractivity contribution is -0.134. The summed E-state index contributed by atoms with van der Waals surface area (Å²) in [5.41, 5.74) is 3.73. The summed E-state index contributed by atoms with van der Waals surface area (Å²) < 4.78 is 19.9. The van der Waals surface area contributed by atoms with Gasteiger partial charge in [-0.05, 0) is 58.9 Å². The maximum atomic E-state index is 14.1. The average molecular weight is 475 g/mol. The normalized spacial score (nSPS) is 15.0. The Kier molecular flexibility index (Phi) is 7.80. The lowest BCUT2D eigenvalue weighted by atomic mass is 9.87. The molecule has 0 saturated heterocycles. The van der Waals surface area contributed by atoms with Crippen LogP contribution in [0.3, 0.4) is 0 Å². The molecule has 1 N–H and O–H groups in total. The van der Waals surface area contributed by atoms with Crippen molar-refractivity contribution in [2.24, 2.45) is 5.92 Å². The van der Waals surface area contributed by atoms with E-state index in [0.717, 1.165) is 22.3 Å². The van der Waals surface area contributed by atoms with Gasteiger partial charge in [0.2, 0.25) is 5.91 Å². The largest absolute Gasteiger partial charge is 0.484 e. The van der Waals surface area contributed by atoms with E-state index in [1.807, 2.05) is 73.3 Å². The van der Waals surface area contributed by atoms with Crippen molar-refractivity contribution in [1.82, 2.24) is 10.2 Å². The Bertz CT molecular complexity index is 1180. The molecule has 4 rings (SSSR count). The molecule has 1 heterocycles. The number of benzene rings is 3. The Labute approximate surface area is 205 Å². The van der Waals surface area contributed by atoms with Gasteiger partial charge in [-0.3, -0.25) is 9.59 Å². The van der Waals surface area contributed by atoms with E-state index in [4.69, 9.17) is 4.74 Å². The highest BCUT2D eigenvalue weighted by atomic mass is 19.1. The van der Waals surface area contributed by atoms with Gasteiger partial charge in [-0.1, -0.05) is 62.4 Å². The maximum Gasteiger partial charge on any atom is 0.258 e. The van der Waals surface area contributed by atoms with E-state index in [2.05, 4.69) is 5.32 Å². The van der Waals surface area contributed by atoms with E-state index in [1.54, 1.807) is 6.07 Å². The Balaban J connectivity index is 1.53. The molecule has 1 aliphatic heterocycles. The van der Waals surface area contributed by atoms with Crippen LogP contribution in [0.4, 0.5) is 4.39 Å². The van der Waals surface area contributed by atoms with Gasteiger partial charge in [-0.15, -0.1) is 0 Å². The minimum absolute atomic E-state index is 0.0477. The zero-order chi connectivity index (χ0) is 24.8. The maximum absolute atomic E-state index is 14.1. The van der Waals surface area contributed by atoms with E-state index in [9.17, 15) is 14.0 Å². The standard InChI is InChI=1S/C29H31FN2O3/c1-20(2)15-28(34)32-14-13-22-11-12-25(17-26(22)29(32)23-9-6-10-24(30)16-23)35-19-27(33)31-18-21-7-4-3-5-8-21/h3-12,16-17,20,29H,13-15,18-19H2,1-2H3,(H,31,33)/t29-/m1/s1. The van der Waals surface area contributed by atoms with Crippen molar-refractivity contribution in [3.63, 3.8) is 0 Å². The van der Waals surface area contributed by atoms with Crippen LogP contribution in [0, 0.1) is 11.7 Å². The highest BCUT2D eigenvalue weighted by Gasteiger charge is 2.32. The summed E-state index contributed by atoms with van der Waals surface area (Å²) in [7, 11) is 0. The van der Waals surface area contributed by atoms with Crippen LogP contribution in [0.2, 0.25) is 0 Å². The minimum atomic E-state index is -0.406. The second kappa shape index (κ2) is 11.2. The van der Waals surface area contributed by atoms with Gasteiger partial charge >= 0.3 is 0 Å². The summed E-state index contributed by atoms with van der Waals surface area (Å²) in [6.07, 6.45) is 1.14. The van der Waals surface area contributed by atoms with Gasteiger partial charge in [0.1, 0.15) is 11.6 Å². The monoisotopic (exact) mass is 474 g/mol. The van der Waals surface area contributed by atoms with E-state index in [1.165, 1.54) is 12.1 Å². The topological polar surface area (TPSA) is 58.6 Å². The molecular formula is C29H31FN2O3. The molecule has 5 nitrogen and oxygen atoms in total. The molecule has 0 aromatic heterocycles. The van der Waals surface area contributed by atoms with Crippen LogP contribution in [-0.4, -0.2) is 29.9 Å². The van der Waals surface area contributed by atoms with E-state index >= 15 is 0 Å². The minimum Gasteiger partial charge on any atom is -0.484 e. The molecule has 0 aliphatic carbocycles. The number of rotatable bonds is 8. The molecule has 0 spiro atoms. The Morgan fingerprint density at radius 2 is 1.86 bits per heavy atom. The van der Waals surface area contributed by atoms with Crippen LogP contribution in [-0.2, 0) is 22.6 Å². The molecule has 6 heteroatoms. The quantitative estimate of drug-likeness (QED) is 0.498. The number of nitrogens with one attached hydrogen (secondary N) is 1. The highest BCUT2D eigenvalue weighted by Crippen LogP contribution is 2.38. The molecule has 0 fully saturated rings. The van der Waals surface area contributed by atoms with Crippen molar-refractivity contribution < 1.29 is 18.7 Å². The van der Waals surface area contributed by atoms with Crippen molar-refractivity contribution in [3.05, 3.63) is 101 Å². The van der Waals surface area contributed by atoms with Crippen LogP contribution in [0.15, 0.2) is 72.8 Å². The molecule has 0 radical (unpaired) electrons. The van der Waals surface area contributed by atoms with Crippen molar-refractivity contribution in [3.8, 4) is 5.75 Å². The van der Waals surface area contributed by atoms with Gasteiger partial charge in [0.25, 0.3) is 5.91 Å². The number of hydrogen-bond acceptors (Lipinski definition) is 3. The first-order valence-electron chi connectivity index (χ1n) is 12.0. The molecule has 3 aromatic carbocycles. The second-order valence-electron chi connectivity index (χ2n) is 9.30. The van der Waals surface area contributed by atoms with E-state index in [0.29, 0.717) is 31.7 Å². The first-order chi connectivity index (χ1) is 16.9. The lowest BCUT2D eigenvalue weighted by Crippen LogP contribution is -2.41. The molecule has 0 saturated carbocycles. The fraction of sp³-hybridized carbons (Fsp3) is 0.310. The summed E-state index contributed by atoms with van der Waals surface area (Å²) in [5.74, 6) is 0.251. The number of hydrogen-bond donors (Lipinski definition) is 1. The first kappa shape index (κ1) is 24.5. The molecule has 0 unspecified atom stereocenters. The molecular weight excluding hydrogens is 443 g/mol. The number of ether oxygens (including phenoxy) is 1. The molecule has 182 valence electrons. The van der Waals surface area contributed by atoms with Crippen molar-refractivity contribution in [2.45, 2.75) is 39.3 Å². The molecule has 0 bridgehead atoms. The fourth-order valence-corrected chi connectivity index (χ4v) is 4.45. The summed E-state index contributed by atoms with van der Waals surface area (Å²) in [6.45, 7) is 4.92. The number of carbonyl (C=O) groups excluding carboxylic acids is 2. The van der Waals surface area contributed by atoms with Gasteiger partial charge < -0.3 is 15.0 Å². The van der Waals surface area contributed by atoms with Crippen LogP contribution < -0.4 is 10.1 Å². The molecule has 2 amide bonds. The van der Waals surface area contributed by atoms with Crippen molar-refractivity contribution >= 4 is 11.8 Å². The molecule has 1 aliphatic rings. The smallest absolute Gasteiger partial charge is 0.258 e. The zero-order valence-corrected chi connectivity index (χ0v) is 20.2. The summed E-state index contributed by atoms with van der Waals surface area (Å²) in [5, 5.41) is 2.85. The fourth-order valence-electron chi connectivity index (χ4n) is 4.45. The molecule has 35 heavy (non-hydrogen) atoms. The summed E-state index contributed by atoms with van der Waals surface area (Å²) >= 11 is 0. The summed E-state index contributed by atoms with van der Waals surface area (Å²) in [4.78, 5) is 27.3. The molecule has 1 atom stereocenters. The summed E-state index contributed by atoms with van der Waals surface area (Å²) in [6, 6.07) is 21.4. The number of nitrogens with zero attached hydrogens (tertiary/aromatic N) is 1. The van der Waals surface area contributed by atoms with E-state index < -0.39 is 6.04 Å². The van der Waals surface area contributed by atoms with Crippen LogP contribution in [0.1, 0.15) is 48.6 Å². The van der Waals surface area contributed by atoms with Crippen LogP contribution >= 0.6 is 0 Å². The predicted octanol–water partition coefficient (Wildman–Crippen LogP) is 5.04. The highest BCUT2D eigenvalue weighted by molar-refractivity contribution is 5.78. The van der Waals surface area contributed by atoms with Gasteiger partial charge in [-0.2, -0.15) is 0 Å². The third kappa shape index (κ3) is 6.27. The second-order valence-corrected chi connectivity index (χ2v) is 9.30. The third-order valence-corrected chi connectivity index (χ3v) is 6.12. The zero-order valence-electron chi connectivity index (χ0n) is 20.2. The number of carbonyl (C=O) groups is 2. The number of halogens is 1. The third-order valence-electron chi connectivity index (χ3n) is 6.12. The number of fused-ring (bicyclic) bond motifs is 1. The average Bonchev–Trinajstić information content (AvgIpc) is 2.85. The number of amides is 2. The van der Waals surface area contributed by atoms with Gasteiger partial charge in [0, 0.05) is 19.5 Å². The van der Waals surface area contributed by atoms with Crippen molar-refractivity contribution in [1.29, 1.82) is 0 Å². The first-order valence-corrected chi connectivity index (χ1v) is 12.0. The van der Waals surface area contributed by atoms with Crippen molar-refractivity contribution in [2.75, 3.05) is 13.2 Å².